The zero-order chi connectivity index (χ0) is 23.4. The highest BCUT2D eigenvalue weighted by atomic mass is 16.6. The van der Waals surface area contributed by atoms with Crippen molar-refractivity contribution in [1.82, 2.24) is 9.55 Å². The number of allylic oxidation sites excluding steroid dienone is 1. The lowest BCUT2D eigenvalue weighted by Gasteiger charge is -2.30. The molecule has 2 heterocycles. The molecule has 7 heteroatoms. The zero-order valence-corrected chi connectivity index (χ0v) is 19.6. The third-order valence-electron chi connectivity index (χ3n) is 5.71. The van der Waals surface area contributed by atoms with Gasteiger partial charge in [0, 0.05) is 12.8 Å². The molecule has 0 saturated heterocycles. The van der Waals surface area contributed by atoms with Gasteiger partial charge in [0.1, 0.15) is 12.4 Å². The van der Waals surface area contributed by atoms with Gasteiger partial charge in [-0.15, -0.1) is 0 Å². The molecular weight excluding hydrogens is 418 g/mol. The Morgan fingerprint density at radius 3 is 2.73 bits per heavy atom. The summed E-state index contributed by atoms with van der Waals surface area (Å²) < 4.78 is 18.7. The van der Waals surface area contributed by atoms with E-state index >= 15 is 0 Å². The minimum Gasteiger partial charge on any atom is -0.494 e. The first-order valence-corrected chi connectivity index (χ1v) is 11.3. The average Bonchev–Trinajstić information content (AvgIpc) is 3.16. The van der Waals surface area contributed by atoms with E-state index in [1.807, 2.05) is 55.5 Å². The highest BCUT2D eigenvalue weighted by Crippen LogP contribution is 2.40. The Morgan fingerprint density at radius 1 is 1.12 bits per heavy atom. The van der Waals surface area contributed by atoms with Crippen LogP contribution < -0.4 is 10.1 Å². The van der Waals surface area contributed by atoms with Gasteiger partial charge in [-0.1, -0.05) is 38.1 Å². The van der Waals surface area contributed by atoms with Crippen molar-refractivity contribution in [1.29, 1.82) is 0 Å². The first-order chi connectivity index (χ1) is 16.0. The van der Waals surface area contributed by atoms with Crippen molar-refractivity contribution in [3.63, 3.8) is 0 Å². The standard InChI is InChI=1S/C26H31N3O4/c1-17(2)12-13-32-20-9-7-8-19(16-20)24-23(25(30)33-15-14-31-4)18(3)27-26-28-21-10-5-6-11-22(21)29(24)26/h5-11,16-17,24H,12-15H2,1-4H3,(H,27,28)/t24-/m1/s1. The van der Waals surface area contributed by atoms with Gasteiger partial charge in [-0.3, -0.25) is 4.57 Å². The Bertz CT molecular complexity index is 1170. The minimum absolute atomic E-state index is 0.189. The van der Waals surface area contributed by atoms with Crippen LogP contribution >= 0.6 is 0 Å². The van der Waals surface area contributed by atoms with Crippen LogP contribution in [0.3, 0.4) is 0 Å². The molecule has 33 heavy (non-hydrogen) atoms. The predicted octanol–water partition coefficient (Wildman–Crippen LogP) is 4.94. The van der Waals surface area contributed by atoms with Crippen molar-refractivity contribution in [3.05, 3.63) is 65.4 Å². The Kier molecular flexibility index (Phi) is 6.99. The third-order valence-corrected chi connectivity index (χ3v) is 5.71. The molecule has 0 fully saturated rings. The number of nitrogens with one attached hydrogen (secondary N) is 1. The van der Waals surface area contributed by atoms with Crippen LogP contribution in [0.15, 0.2) is 59.8 Å². The van der Waals surface area contributed by atoms with Crippen LogP contribution in [0.4, 0.5) is 5.95 Å². The van der Waals surface area contributed by atoms with Gasteiger partial charge in [0.05, 0.1) is 35.9 Å². The summed E-state index contributed by atoms with van der Waals surface area (Å²) in [7, 11) is 1.58. The van der Waals surface area contributed by atoms with Gasteiger partial charge in [0.15, 0.2) is 0 Å². The Labute approximate surface area is 194 Å². The number of nitrogens with zero attached hydrogens (tertiary/aromatic N) is 2. The second-order valence-corrected chi connectivity index (χ2v) is 8.59. The fourth-order valence-corrected chi connectivity index (χ4v) is 4.03. The first-order valence-electron chi connectivity index (χ1n) is 11.3. The van der Waals surface area contributed by atoms with E-state index in [1.165, 1.54) is 0 Å². The number of esters is 1. The molecule has 1 atom stereocenters. The summed E-state index contributed by atoms with van der Waals surface area (Å²) in [5.41, 5.74) is 3.99. The van der Waals surface area contributed by atoms with Crippen molar-refractivity contribution >= 4 is 23.0 Å². The molecule has 4 rings (SSSR count). The van der Waals surface area contributed by atoms with E-state index in [0.717, 1.165) is 34.5 Å². The van der Waals surface area contributed by atoms with Gasteiger partial charge in [-0.2, -0.15) is 0 Å². The number of rotatable bonds is 9. The van der Waals surface area contributed by atoms with Gasteiger partial charge in [0.25, 0.3) is 0 Å². The maximum Gasteiger partial charge on any atom is 0.338 e. The van der Waals surface area contributed by atoms with Crippen molar-refractivity contribution in [2.75, 3.05) is 32.2 Å². The van der Waals surface area contributed by atoms with Gasteiger partial charge >= 0.3 is 5.97 Å². The van der Waals surface area contributed by atoms with Gasteiger partial charge in [-0.25, -0.2) is 9.78 Å². The average molecular weight is 450 g/mol. The molecule has 0 spiro atoms. The third kappa shape index (κ3) is 4.88. The van der Waals surface area contributed by atoms with Crippen LogP contribution in [-0.4, -0.2) is 42.5 Å². The molecule has 0 unspecified atom stereocenters. The largest absolute Gasteiger partial charge is 0.494 e. The van der Waals surface area contributed by atoms with E-state index < -0.39 is 6.04 Å². The first kappa shape index (κ1) is 22.9. The Morgan fingerprint density at radius 2 is 1.94 bits per heavy atom. The number of carbonyl (C=O) groups excluding carboxylic acids is 1. The number of para-hydroxylation sites is 2. The topological polar surface area (TPSA) is 74.6 Å². The van der Waals surface area contributed by atoms with E-state index in [0.29, 0.717) is 30.7 Å². The van der Waals surface area contributed by atoms with Crippen LogP contribution in [0, 0.1) is 5.92 Å². The number of methoxy groups -OCH3 is 1. The number of anilines is 1. The van der Waals surface area contributed by atoms with Crippen molar-refractivity contribution in [2.24, 2.45) is 5.92 Å². The van der Waals surface area contributed by atoms with E-state index in [9.17, 15) is 4.79 Å². The Balaban J connectivity index is 1.77. The SMILES string of the molecule is COCCOC(=O)C1=C(C)Nc2nc3ccccc3n2[C@@H]1c1cccc(OCCC(C)C)c1. The number of aromatic nitrogens is 2. The van der Waals surface area contributed by atoms with Crippen LogP contribution in [0.1, 0.15) is 38.8 Å². The predicted molar refractivity (Wildman–Crippen MR) is 128 cm³/mol. The summed E-state index contributed by atoms with van der Waals surface area (Å²) in [6.07, 6.45) is 0.976. The van der Waals surface area contributed by atoms with Gasteiger partial charge in [-0.05, 0) is 49.1 Å². The highest BCUT2D eigenvalue weighted by Gasteiger charge is 2.35. The lowest BCUT2D eigenvalue weighted by molar-refractivity contribution is -0.140. The number of carbonyl (C=O) groups is 1. The molecule has 0 saturated carbocycles. The quantitative estimate of drug-likeness (QED) is 0.368. The van der Waals surface area contributed by atoms with Crippen LogP contribution in [0.5, 0.6) is 5.75 Å². The molecule has 0 radical (unpaired) electrons. The lowest BCUT2D eigenvalue weighted by atomic mass is 9.95. The molecular formula is C26H31N3O4. The Hall–Kier alpha value is -3.32. The second-order valence-electron chi connectivity index (χ2n) is 8.59. The summed E-state index contributed by atoms with van der Waals surface area (Å²) in [6, 6.07) is 15.4. The van der Waals surface area contributed by atoms with Crippen LogP contribution in [0.25, 0.3) is 11.0 Å². The molecule has 0 bridgehead atoms. The number of imidazole rings is 1. The summed E-state index contributed by atoms with van der Waals surface area (Å²) in [5.74, 6) is 1.66. The molecule has 1 aromatic heterocycles. The van der Waals surface area contributed by atoms with E-state index in [4.69, 9.17) is 19.2 Å². The van der Waals surface area contributed by atoms with E-state index in [1.54, 1.807) is 7.11 Å². The summed E-state index contributed by atoms with van der Waals surface area (Å²) >= 11 is 0. The monoisotopic (exact) mass is 449 g/mol. The lowest BCUT2D eigenvalue weighted by Crippen LogP contribution is -2.29. The van der Waals surface area contributed by atoms with E-state index in [2.05, 4.69) is 23.7 Å². The van der Waals surface area contributed by atoms with Gasteiger partial charge in [0.2, 0.25) is 5.95 Å². The molecule has 3 aromatic rings. The molecule has 1 N–H and O–H groups in total. The molecule has 174 valence electrons. The van der Waals surface area contributed by atoms with Gasteiger partial charge < -0.3 is 19.5 Å². The number of benzene rings is 2. The maximum absolute atomic E-state index is 13.2. The smallest absolute Gasteiger partial charge is 0.338 e. The fourth-order valence-electron chi connectivity index (χ4n) is 4.03. The van der Waals surface area contributed by atoms with Crippen LogP contribution in [0.2, 0.25) is 0 Å². The number of ether oxygens (including phenoxy) is 3. The highest BCUT2D eigenvalue weighted by molar-refractivity contribution is 5.94. The molecule has 0 amide bonds. The zero-order valence-electron chi connectivity index (χ0n) is 19.6. The van der Waals surface area contributed by atoms with E-state index in [-0.39, 0.29) is 12.6 Å². The summed E-state index contributed by atoms with van der Waals surface area (Å²) in [6.45, 7) is 7.41. The minimum atomic E-state index is -0.405. The molecule has 2 aromatic carbocycles. The van der Waals surface area contributed by atoms with Crippen molar-refractivity contribution in [2.45, 2.75) is 33.2 Å². The number of hydrogen-bond acceptors (Lipinski definition) is 6. The summed E-state index contributed by atoms with van der Waals surface area (Å²) in [5, 5.41) is 3.30. The number of fused-ring (bicyclic) bond motifs is 3. The summed E-state index contributed by atoms with van der Waals surface area (Å²) in [4.78, 5) is 18.0. The molecule has 7 nitrogen and oxygen atoms in total. The maximum atomic E-state index is 13.2. The van der Waals surface area contributed by atoms with Crippen molar-refractivity contribution < 1.29 is 19.0 Å². The molecule has 1 aliphatic rings. The molecule has 1 aliphatic heterocycles. The normalized spacial score (nSPS) is 15.5. The van der Waals surface area contributed by atoms with Crippen molar-refractivity contribution in [3.8, 4) is 5.75 Å². The fraction of sp³-hybridized carbons (Fsp3) is 0.385. The second kappa shape index (κ2) is 10.1. The number of hydrogen-bond donors (Lipinski definition) is 1. The van der Waals surface area contributed by atoms with Crippen LogP contribution in [-0.2, 0) is 14.3 Å². The molecule has 0 aliphatic carbocycles.